The van der Waals surface area contributed by atoms with Crippen LogP contribution in [0.4, 0.5) is 0 Å². The molecule has 0 bridgehead atoms. The van der Waals surface area contributed by atoms with Gasteiger partial charge in [0.05, 0.1) is 0 Å². The predicted octanol–water partition coefficient (Wildman–Crippen LogP) is 1.96. The van der Waals surface area contributed by atoms with E-state index in [9.17, 15) is 0 Å². The van der Waals surface area contributed by atoms with Gasteiger partial charge in [-0.15, -0.1) is 0 Å². The van der Waals surface area contributed by atoms with Gasteiger partial charge in [-0.2, -0.15) is 0 Å². The topological polar surface area (TPSA) is 0 Å². The summed E-state index contributed by atoms with van der Waals surface area (Å²) >= 11 is 0.784. The molecule has 0 fully saturated rings. The molecule has 6 heavy (non-hydrogen) atoms. The summed E-state index contributed by atoms with van der Waals surface area (Å²) in [5.41, 5.74) is 0. The third kappa shape index (κ3) is 4.53. The van der Waals surface area contributed by atoms with Crippen LogP contribution >= 0.6 is 0 Å². The molecule has 0 radical (unpaired) electrons. The van der Waals surface area contributed by atoms with Crippen LogP contribution in [0.2, 0.25) is 11.1 Å². The second kappa shape index (κ2) is 5.53. The summed E-state index contributed by atoms with van der Waals surface area (Å²) in [7, 11) is 0. The molecule has 0 aromatic heterocycles. The van der Waals surface area contributed by atoms with E-state index >= 15 is 0 Å². The first-order chi connectivity index (χ1) is 2.91. The Morgan fingerprint density at radius 1 is 1.50 bits per heavy atom. The van der Waals surface area contributed by atoms with Crippen LogP contribution in [0.25, 0.3) is 0 Å². The second-order valence-electron chi connectivity index (χ2n) is 1.55. The number of hydrogen-bond donors (Lipinski definition) is 0. The van der Waals surface area contributed by atoms with Crippen LogP contribution in [0.1, 0.15) is 19.8 Å². The van der Waals surface area contributed by atoms with E-state index in [0.717, 1.165) is 15.2 Å². The standard InChI is InChI=1S/C4H9.CH3.Al/c1-3-4-2;;/h1,3-4H2,2H3;1H3;/q;;+1. The number of unbranched alkanes of at least 4 members (excludes halogenated alkanes) is 1. The fourth-order valence-corrected chi connectivity index (χ4v) is 1.22. The molecule has 0 atom stereocenters. The number of hydrogen-bond acceptors (Lipinski definition) is 0. The molecular formula is C5H12Al+. The van der Waals surface area contributed by atoms with Gasteiger partial charge in [-0.3, -0.25) is 0 Å². The average Bonchev–Trinajstić information content (AvgIpc) is 1.61. The first-order valence-corrected chi connectivity index (χ1v) is 4.66. The van der Waals surface area contributed by atoms with E-state index in [1.807, 2.05) is 0 Å². The number of rotatable bonds is 3. The molecule has 34 valence electrons. The van der Waals surface area contributed by atoms with E-state index < -0.39 is 0 Å². The van der Waals surface area contributed by atoms with Gasteiger partial charge < -0.3 is 0 Å². The van der Waals surface area contributed by atoms with Crippen molar-refractivity contribution in [1.29, 1.82) is 0 Å². The Hall–Kier alpha value is 0.532. The minimum absolute atomic E-state index is 0.784. The van der Waals surface area contributed by atoms with Gasteiger partial charge in [0.1, 0.15) is 0 Å². The van der Waals surface area contributed by atoms with Crippen molar-refractivity contribution < 1.29 is 0 Å². The van der Waals surface area contributed by atoms with Crippen molar-refractivity contribution in [3.63, 3.8) is 0 Å². The van der Waals surface area contributed by atoms with Crippen molar-refractivity contribution in [2.75, 3.05) is 0 Å². The van der Waals surface area contributed by atoms with E-state index in [4.69, 9.17) is 0 Å². The van der Waals surface area contributed by atoms with Crippen molar-refractivity contribution in [2.45, 2.75) is 30.8 Å². The van der Waals surface area contributed by atoms with Crippen molar-refractivity contribution >= 4 is 15.2 Å². The van der Waals surface area contributed by atoms with Gasteiger partial charge in [0.25, 0.3) is 0 Å². The Morgan fingerprint density at radius 3 is 2.33 bits per heavy atom. The summed E-state index contributed by atoms with van der Waals surface area (Å²) in [6, 6.07) is 0. The molecule has 0 aliphatic heterocycles. The van der Waals surface area contributed by atoms with E-state index in [0.29, 0.717) is 0 Å². The van der Waals surface area contributed by atoms with Crippen LogP contribution in [0.5, 0.6) is 0 Å². The van der Waals surface area contributed by atoms with Crippen molar-refractivity contribution in [3.8, 4) is 0 Å². The van der Waals surface area contributed by atoms with Crippen molar-refractivity contribution in [1.82, 2.24) is 0 Å². The normalized spacial score (nSPS) is 7.67. The molecule has 0 heterocycles. The van der Waals surface area contributed by atoms with Gasteiger partial charge >= 0.3 is 46.1 Å². The van der Waals surface area contributed by atoms with Crippen molar-refractivity contribution in [3.05, 3.63) is 0 Å². The Bertz CT molecular complexity index is 15.9. The minimum atomic E-state index is 0.784. The van der Waals surface area contributed by atoms with E-state index in [2.05, 4.69) is 12.7 Å². The van der Waals surface area contributed by atoms with Crippen LogP contribution in [0.15, 0.2) is 0 Å². The first-order valence-electron chi connectivity index (χ1n) is 2.69. The Labute approximate surface area is 46.7 Å². The molecule has 0 aromatic carbocycles. The summed E-state index contributed by atoms with van der Waals surface area (Å²) in [6.45, 7) is 2.25. The molecule has 0 amide bonds. The molecule has 0 saturated heterocycles. The summed E-state index contributed by atoms with van der Waals surface area (Å²) in [4.78, 5) is 0. The van der Waals surface area contributed by atoms with Crippen LogP contribution in [-0.4, -0.2) is 15.2 Å². The molecule has 1 heteroatoms. The Balaban J connectivity index is 2.34. The Kier molecular flexibility index (Phi) is 6.02. The zero-order valence-electron chi connectivity index (χ0n) is 4.70. The molecular weight excluding hydrogens is 87.0 g/mol. The first kappa shape index (κ1) is 6.53. The van der Waals surface area contributed by atoms with Crippen LogP contribution < -0.4 is 0 Å². The zero-order valence-corrected chi connectivity index (χ0v) is 5.85. The van der Waals surface area contributed by atoms with Crippen LogP contribution in [-0.2, 0) is 0 Å². The maximum absolute atomic E-state index is 2.32. The molecule has 0 N–H and O–H groups in total. The van der Waals surface area contributed by atoms with Gasteiger partial charge in [-0.1, -0.05) is 0 Å². The summed E-state index contributed by atoms with van der Waals surface area (Å²) < 4.78 is 0. The fourth-order valence-electron chi connectivity index (χ4n) is 0.408. The quantitative estimate of drug-likeness (QED) is 0.375. The molecule has 0 saturated carbocycles. The van der Waals surface area contributed by atoms with Gasteiger partial charge in [0.2, 0.25) is 0 Å². The molecule has 0 aliphatic rings. The molecule has 0 spiro atoms. The molecule has 0 aliphatic carbocycles. The third-order valence-corrected chi connectivity index (χ3v) is 1.83. The van der Waals surface area contributed by atoms with Gasteiger partial charge in [-0.05, 0) is 0 Å². The van der Waals surface area contributed by atoms with E-state index in [-0.39, 0.29) is 0 Å². The maximum atomic E-state index is 2.32. The van der Waals surface area contributed by atoms with Crippen molar-refractivity contribution in [2.24, 2.45) is 0 Å². The molecule has 0 unspecified atom stereocenters. The van der Waals surface area contributed by atoms with Crippen LogP contribution in [0, 0.1) is 0 Å². The predicted molar refractivity (Wildman–Crippen MR) is 31.3 cm³/mol. The molecule has 0 aromatic rings. The van der Waals surface area contributed by atoms with E-state index in [1.165, 1.54) is 18.1 Å². The fraction of sp³-hybridized carbons (Fsp3) is 1.00. The molecule has 0 nitrogen and oxygen atoms in total. The van der Waals surface area contributed by atoms with Crippen LogP contribution in [0.3, 0.4) is 0 Å². The zero-order chi connectivity index (χ0) is 4.83. The summed E-state index contributed by atoms with van der Waals surface area (Å²) in [5.74, 6) is 2.32. The average molecular weight is 99.1 g/mol. The SMILES string of the molecule is CCC[CH2][Al+][CH3]. The monoisotopic (exact) mass is 99.1 g/mol. The van der Waals surface area contributed by atoms with Gasteiger partial charge in [0.15, 0.2) is 0 Å². The van der Waals surface area contributed by atoms with E-state index in [1.54, 1.807) is 0 Å². The van der Waals surface area contributed by atoms with Gasteiger partial charge in [0, 0.05) is 0 Å². The third-order valence-electron chi connectivity index (χ3n) is 0.846. The summed E-state index contributed by atoms with van der Waals surface area (Å²) in [6.07, 6.45) is 2.83. The second-order valence-corrected chi connectivity index (χ2v) is 2.94. The van der Waals surface area contributed by atoms with Gasteiger partial charge in [-0.25, -0.2) is 0 Å². The molecule has 0 rings (SSSR count). The summed E-state index contributed by atoms with van der Waals surface area (Å²) in [5, 5.41) is 1.50. The Morgan fingerprint density at radius 2 is 2.17 bits per heavy atom.